The van der Waals surface area contributed by atoms with Crippen molar-refractivity contribution in [2.45, 2.75) is 19.3 Å². The fourth-order valence-corrected chi connectivity index (χ4v) is 2.99. The van der Waals surface area contributed by atoms with E-state index in [1.807, 2.05) is 0 Å². The maximum Gasteiger partial charge on any atom is 0.306 e. The Morgan fingerprint density at radius 2 is 1.94 bits per heavy atom. The van der Waals surface area contributed by atoms with Crippen molar-refractivity contribution in [3.63, 3.8) is 0 Å². The van der Waals surface area contributed by atoms with E-state index < -0.39 is 22.1 Å². The molecule has 3 N–H and O–H groups in total. The first kappa shape index (κ1) is 14.4. The lowest BCUT2D eigenvalue weighted by Gasteiger charge is -2.29. The molecule has 0 aromatic rings. The highest BCUT2D eigenvalue weighted by molar-refractivity contribution is 7.87. The molecule has 100 valence electrons. The molecular formula is C9H18N2O5S. The summed E-state index contributed by atoms with van der Waals surface area (Å²) in [6.45, 7) is 0.581. The highest BCUT2D eigenvalue weighted by atomic mass is 32.2. The number of rotatable bonds is 6. The third kappa shape index (κ3) is 4.23. The minimum atomic E-state index is -3.53. The summed E-state index contributed by atoms with van der Waals surface area (Å²) in [6.07, 6.45) is 1.05. The molecule has 0 unspecified atom stereocenters. The van der Waals surface area contributed by atoms with Crippen LogP contribution in [0.3, 0.4) is 0 Å². The smallest absolute Gasteiger partial charge is 0.306 e. The van der Waals surface area contributed by atoms with Gasteiger partial charge >= 0.3 is 5.97 Å². The fourth-order valence-electron chi connectivity index (χ4n) is 1.71. The van der Waals surface area contributed by atoms with Gasteiger partial charge in [0.05, 0.1) is 5.92 Å². The summed E-state index contributed by atoms with van der Waals surface area (Å²) in [6, 6.07) is 0. The van der Waals surface area contributed by atoms with Crippen LogP contribution in [-0.2, 0) is 15.0 Å². The Kier molecular flexibility index (Phi) is 5.31. The van der Waals surface area contributed by atoms with E-state index in [2.05, 4.69) is 4.72 Å². The van der Waals surface area contributed by atoms with Crippen LogP contribution >= 0.6 is 0 Å². The number of nitrogens with zero attached hydrogens (tertiary/aromatic N) is 1. The zero-order valence-corrected chi connectivity index (χ0v) is 10.3. The number of carbonyl (C=O) groups is 1. The van der Waals surface area contributed by atoms with Crippen LogP contribution < -0.4 is 4.72 Å². The molecule has 1 rings (SSSR count). The quantitative estimate of drug-likeness (QED) is 0.535. The number of nitrogens with one attached hydrogen (secondary N) is 1. The molecule has 1 heterocycles. The van der Waals surface area contributed by atoms with E-state index in [1.54, 1.807) is 0 Å². The molecule has 0 amide bonds. The van der Waals surface area contributed by atoms with E-state index in [0.29, 0.717) is 19.3 Å². The number of carboxylic acid groups (broad SMARTS) is 1. The maximum atomic E-state index is 11.7. The number of aliphatic carboxylic acids is 1. The predicted molar refractivity (Wildman–Crippen MR) is 60.6 cm³/mol. The van der Waals surface area contributed by atoms with Crippen LogP contribution in [0.25, 0.3) is 0 Å². The minimum Gasteiger partial charge on any atom is -0.481 e. The number of aliphatic hydroxyl groups excluding tert-OH is 1. The van der Waals surface area contributed by atoms with Crippen molar-refractivity contribution in [2.24, 2.45) is 5.92 Å². The molecule has 0 radical (unpaired) electrons. The van der Waals surface area contributed by atoms with Gasteiger partial charge in [-0.2, -0.15) is 12.7 Å². The second-order valence-corrected chi connectivity index (χ2v) is 5.74. The number of aliphatic hydroxyl groups is 1. The number of piperidine rings is 1. The largest absolute Gasteiger partial charge is 0.481 e. The number of hydrogen-bond donors (Lipinski definition) is 3. The van der Waals surface area contributed by atoms with Gasteiger partial charge in [-0.25, -0.2) is 4.72 Å². The first-order chi connectivity index (χ1) is 7.97. The van der Waals surface area contributed by atoms with Crippen molar-refractivity contribution >= 4 is 16.2 Å². The Morgan fingerprint density at radius 1 is 1.35 bits per heavy atom. The summed E-state index contributed by atoms with van der Waals surface area (Å²) in [4.78, 5) is 10.7. The van der Waals surface area contributed by atoms with E-state index in [-0.39, 0.29) is 26.2 Å². The van der Waals surface area contributed by atoms with Gasteiger partial charge in [0, 0.05) is 26.2 Å². The van der Waals surface area contributed by atoms with E-state index in [0.717, 1.165) is 0 Å². The highest BCUT2D eigenvalue weighted by Gasteiger charge is 2.30. The molecule has 1 fully saturated rings. The Labute approximate surface area is 101 Å². The van der Waals surface area contributed by atoms with E-state index >= 15 is 0 Å². The van der Waals surface area contributed by atoms with E-state index in [9.17, 15) is 13.2 Å². The van der Waals surface area contributed by atoms with Crippen LogP contribution in [0.15, 0.2) is 0 Å². The summed E-state index contributed by atoms with van der Waals surface area (Å²) in [5.41, 5.74) is 0. The van der Waals surface area contributed by atoms with Gasteiger partial charge in [-0.3, -0.25) is 4.79 Å². The molecule has 0 bridgehead atoms. The fraction of sp³-hybridized carbons (Fsp3) is 0.889. The normalized spacial score (nSPS) is 19.4. The van der Waals surface area contributed by atoms with Crippen LogP contribution in [-0.4, -0.2) is 55.1 Å². The van der Waals surface area contributed by atoms with Gasteiger partial charge in [0.2, 0.25) is 0 Å². The molecule has 8 heteroatoms. The molecule has 7 nitrogen and oxygen atoms in total. The highest BCUT2D eigenvalue weighted by Crippen LogP contribution is 2.18. The van der Waals surface area contributed by atoms with Gasteiger partial charge in [0.1, 0.15) is 0 Å². The van der Waals surface area contributed by atoms with Gasteiger partial charge in [0.25, 0.3) is 10.2 Å². The Balaban J connectivity index is 2.44. The Bertz CT molecular complexity index is 348. The second kappa shape index (κ2) is 6.29. The average molecular weight is 266 g/mol. The lowest BCUT2D eigenvalue weighted by molar-refractivity contribution is -0.142. The first-order valence-corrected chi connectivity index (χ1v) is 7.00. The van der Waals surface area contributed by atoms with Crippen LogP contribution in [0.1, 0.15) is 19.3 Å². The summed E-state index contributed by atoms with van der Waals surface area (Å²) < 4.78 is 27.1. The van der Waals surface area contributed by atoms with Gasteiger partial charge in [-0.05, 0) is 19.3 Å². The van der Waals surface area contributed by atoms with Crippen molar-refractivity contribution in [3.05, 3.63) is 0 Å². The first-order valence-electron chi connectivity index (χ1n) is 5.56. The molecule has 0 saturated carbocycles. The topological polar surface area (TPSA) is 107 Å². The molecule has 0 spiro atoms. The van der Waals surface area contributed by atoms with Crippen LogP contribution in [0.4, 0.5) is 0 Å². The number of carboxylic acids is 1. The van der Waals surface area contributed by atoms with Crippen molar-refractivity contribution in [1.82, 2.24) is 9.03 Å². The second-order valence-electron chi connectivity index (χ2n) is 3.99. The molecule has 1 aliphatic rings. The Morgan fingerprint density at radius 3 is 2.41 bits per heavy atom. The maximum absolute atomic E-state index is 11.7. The SMILES string of the molecule is O=C(O)C1CCN(S(=O)(=O)NCCCO)CC1. The zero-order valence-electron chi connectivity index (χ0n) is 9.50. The lowest BCUT2D eigenvalue weighted by Crippen LogP contribution is -2.46. The van der Waals surface area contributed by atoms with Gasteiger partial charge in [0.15, 0.2) is 0 Å². The average Bonchev–Trinajstić information content (AvgIpc) is 2.29. The summed E-state index contributed by atoms with van der Waals surface area (Å²) in [5, 5.41) is 17.3. The van der Waals surface area contributed by atoms with Crippen molar-refractivity contribution in [1.29, 1.82) is 0 Å². The van der Waals surface area contributed by atoms with Crippen molar-refractivity contribution in [3.8, 4) is 0 Å². The minimum absolute atomic E-state index is 0.0659. The van der Waals surface area contributed by atoms with Crippen molar-refractivity contribution in [2.75, 3.05) is 26.2 Å². The van der Waals surface area contributed by atoms with Crippen LogP contribution in [0, 0.1) is 5.92 Å². The summed E-state index contributed by atoms with van der Waals surface area (Å²) in [5.74, 6) is -1.31. The van der Waals surface area contributed by atoms with Crippen LogP contribution in [0.5, 0.6) is 0 Å². The molecule has 1 saturated heterocycles. The van der Waals surface area contributed by atoms with E-state index in [4.69, 9.17) is 10.2 Å². The molecular weight excluding hydrogens is 248 g/mol. The molecule has 0 aliphatic carbocycles. The molecule has 0 aromatic carbocycles. The molecule has 0 aromatic heterocycles. The molecule has 1 aliphatic heterocycles. The Hall–Kier alpha value is -0.700. The van der Waals surface area contributed by atoms with Gasteiger partial charge in [-0.1, -0.05) is 0 Å². The third-order valence-corrected chi connectivity index (χ3v) is 4.38. The van der Waals surface area contributed by atoms with Crippen LogP contribution in [0.2, 0.25) is 0 Å². The van der Waals surface area contributed by atoms with Gasteiger partial charge in [-0.15, -0.1) is 0 Å². The van der Waals surface area contributed by atoms with Gasteiger partial charge < -0.3 is 10.2 Å². The zero-order chi connectivity index (χ0) is 12.9. The monoisotopic (exact) mass is 266 g/mol. The number of hydrogen-bond acceptors (Lipinski definition) is 4. The molecule has 0 atom stereocenters. The van der Waals surface area contributed by atoms with E-state index in [1.165, 1.54) is 4.31 Å². The summed E-state index contributed by atoms with van der Waals surface area (Å²) >= 11 is 0. The lowest BCUT2D eigenvalue weighted by atomic mass is 9.99. The summed E-state index contributed by atoms with van der Waals surface area (Å²) in [7, 11) is -3.53. The third-order valence-electron chi connectivity index (χ3n) is 2.76. The van der Waals surface area contributed by atoms with Crippen molar-refractivity contribution < 1.29 is 23.4 Å². The molecule has 17 heavy (non-hydrogen) atoms. The predicted octanol–water partition coefficient (Wildman–Crippen LogP) is -1.00. The standard InChI is InChI=1S/C9H18N2O5S/c12-7-1-4-10-17(15,16)11-5-2-8(3-6-11)9(13)14/h8,10,12H,1-7H2,(H,13,14).